The lowest BCUT2D eigenvalue weighted by atomic mass is 9.76. The van der Waals surface area contributed by atoms with Crippen LogP contribution in [0.2, 0.25) is 0 Å². The minimum atomic E-state index is -1.20. The minimum Gasteiger partial charge on any atom is -0.550 e. The molecule has 116 valence electrons. The molecule has 0 aliphatic heterocycles. The van der Waals surface area contributed by atoms with E-state index in [1.54, 1.807) is 6.08 Å². The molecule has 0 spiro atoms. The van der Waals surface area contributed by atoms with Gasteiger partial charge < -0.3 is 20.1 Å². The van der Waals surface area contributed by atoms with Crippen molar-refractivity contribution in [3.63, 3.8) is 0 Å². The Morgan fingerprint density at radius 2 is 2.25 bits per heavy atom. The summed E-state index contributed by atoms with van der Waals surface area (Å²) in [7, 11) is 0. The van der Waals surface area contributed by atoms with Crippen molar-refractivity contribution in [3.05, 3.63) is 12.2 Å². The molecule has 1 aliphatic rings. The van der Waals surface area contributed by atoms with Crippen LogP contribution in [0.3, 0.4) is 0 Å². The van der Waals surface area contributed by atoms with Crippen LogP contribution in [0.15, 0.2) is 12.2 Å². The molecule has 1 saturated carbocycles. The summed E-state index contributed by atoms with van der Waals surface area (Å²) in [4.78, 5) is 10.7. The molecule has 0 aromatic carbocycles. The summed E-state index contributed by atoms with van der Waals surface area (Å²) in [6.45, 7) is 2.13. The molecule has 2 N–H and O–H groups in total. The maximum Gasteiger partial charge on any atom is 0.0721 e. The van der Waals surface area contributed by atoms with Gasteiger partial charge in [-0.2, -0.15) is 0 Å². The van der Waals surface area contributed by atoms with Gasteiger partial charge in [-0.15, -0.1) is 0 Å². The van der Waals surface area contributed by atoms with Gasteiger partial charge in [-0.1, -0.05) is 38.3 Å². The second-order valence-electron chi connectivity index (χ2n) is 6.08. The third kappa shape index (κ3) is 6.53. The molecule has 3 atom stereocenters. The minimum absolute atomic E-state index is 0.147. The van der Waals surface area contributed by atoms with Gasteiger partial charge in [-0.05, 0) is 38.0 Å². The number of carbonyl (C=O) groups is 1. The standard InChI is InChI=1S/C16H28O4/c1-2-3-4-7-14(17)9-8-13-6-5-10-16(20,11-13)12-15(18)19/h8-9,13-14,17,20H,2-7,10-12H2,1H3,(H,18,19)/p-1/b9-8+/t13-,14?,16+/m1/s1. The number of aliphatic hydroxyl groups is 2. The van der Waals surface area contributed by atoms with Gasteiger partial charge in [-0.25, -0.2) is 0 Å². The topological polar surface area (TPSA) is 80.6 Å². The SMILES string of the molecule is CCCCCC(O)/C=C/[C@H]1CCC[C@@](O)(CC(=O)[O-])C1. The van der Waals surface area contributed by atoms with Crippen molar-refractivity contribution in [2.45, 2.75) is 76.4 Å². The number of allylic oxidation sites excluding steroid dienone is 1. The Morgan fingerprint density at radius 1 is 1.50 bits per heavy atom. The zero-order chi connectivity index (χ0) is 15.0. The van der Waals surface area contributed by atoms with Gasteiger partial charge in [0.1, 0.15) is 0 Å². The fourth-order valence-corrected chi connectivity index (χ4v) is 2.96. The molecular weight excluding hydrogens is 256 g/mol. The largest absolute Gasteiger partial charge is 0.550 e. The van der Waals surface area contributed by atoms with Crippen LogP contribution in [0, 0.1) is 5.92 Å². The van der Waals surface area contributed by atoms with Crippen molar-refractivity contribution in [1.82, 2.24) is 0 Å². The summed E-state index contributed by atoms with van der Waals surface area (Å²) in [6.07, 6.45) is 9.76. The first-order valence-electron chi connectivity index (χ1n) is 7.74. The van der Waals surface area contributed by atoms with Crippen LogP contribution < -0.4 is 5.11 Å². The highest BCUT2D eigenvalue weighted by atomic mass is 16.4. The fraction of sp³-hybridized carbons (Fsp3) is 0.812. The van der Waals surface area contributed by atoms with Gasteiger partial charge in [0.15, 0.2) is 0 Å². The van der Waals surface area contributed by atoms with Gasteiger partial charge in [-0.3, -0.25) is 0 Å². The van der Waals surface area contributed by atoms with E-state index in [-0.39, 0.29) is 12.3 Å². The van der Waals surface area contributed by atoms with Crippen LogP contribution in [0.25, 0.3) is 0 Å². The number of aliphatic carboxylic acids is 1. The highest BCUT2D eigenvalue weighted by Crippen LogP contribution is 2.35. The number of unbranched alkanes of at least 4 members (excludes halogenated alkanes) is 2. The van der Waals surface area contributed by atoms with E-state index in [1.807, 2.05) is 6.08 Å². The van der Waals surface area contributed by atoms with E-state index in [9.17, 15) is 20.1 Å². The molecular formula is C16H27O4-. The fourth-order valence-electron chi connectivity index (χ4n) is 2.96. The molecule has 20 heavy (non-hydrogen) atoms. The second-order valence-corrected chi connectivity index (χ2v) is 6.08. The molecule has 0 aromatic rings. The van der Waals surface area contributed by atoms with Gasteiger partial charge in [0.05, 0.1) is 11.7 Å². The molecule has 0 heterocycles. The third-order valence-corrected chi connectivity index (χ3v) is 4.04. The predicted molar refractivity (Wildman–Crippen MR) is 75.8 cm³/mol. The van der Waals surface area contributed by atoms with Crippen LogP contribution in [-0.2, 0) is 4.79 Å². The van der Waals surface area contributed by atoms with Crippen molar-refractivity contribution in [2.75, 3.05) is 0 Å². The monoisotopic (exact) mass is 283 g/mol. The average molecular weight is 283 g/mol. The van der Waals surface area contributed by atoms with Crippen molar-refractivity contribution < 1.29 is 20.1 Å². The summed E-state index contributed by atoms with van der Waals surface area (Å²) < 4.78 is 0. The zero-order valence-electron chi connectivity index (χ0n) is 12.4. The van der Waals surface area contributed by atoms with Crippen molar-refractivity contribution in [2.24, 2.45) is 5.92 Å². The summed E-state index contributed by atoms with van der Waals surface area (Å²) in [5.74, 6) is -1.05. The molecule has 0 saturated heterocycles. The number of hydrogen-bond donors (Lipinski definition) is 2. The lowest BCUT2D eigenvalue weighted by Crippen LogP contribution is -2.41. The molecule has 4 nitrogen and oxygen atoms in total. The highest BCUT2D eigenvalue weighted by molar-refractivity contribution is 5.65. The van der Waals surface area contributed by atoms with Crippen molar-refractivity contribution >= 4 is 5.97 Å². The lowest BCUT2D eigenvalue weighted by Gasteiger charge is -2.36. The van der Waals surface area contributed by atoms with Gasteiger partial charge in [0, 0.05) is 12.4 Å². The van der Waals surface area contributed by atoms with E-state index < -0.39 is 17.7 Å². The number of rotatable bonds is 8. The van der Waals surface area contributed by atoms with Crippen LogP contribution in [0.4, 0.5) is 0 Å². The molecule has 0 radical (unpaired) electrons. The van der Waals surface area contributed by atoms with Crippen LogP contribution in [0.1, 0.15) is 64.7 Å². The predicted octanol–water partition coefficient (Wildman–Crippen LogP) is 1.55. The van der Waals surface area contributed by atoms with Crippen molar-refractivity contribution in [3.8, 4) is 0 Å². The number of carboxylic acids is 1. The quantitative estimate of drug-likeness (QED) is 0.523. The molecule has 0 amide bonds. The van der Waals surface area contributed by atoms with Gasteiger partial charge in [0.25, 0.3) is 0 Å². The zero-order valence-corrected chi connectivity index (χ0v) is 12.4. The van der Waals surface area contributed by atoms with Gasteiger partial charge >= 0.3 is 0 Å². The van der Waals surface area contributed by atoms with E-state index in [2.05, 4.69) is 6.92 Å². The summed E-state index contributed by atoms with van der Waals surface area (Å²) in [6, 6.07) is 0. The van der Waals surface area contributed by atoms with Crippen LogP contribution >= 0.6 is 0 Å². The van der Waals surface area contributed by atoms with E-state index in [1.165, 1.54) is 0 Å². The summed E-state index contributed by atoms with van der Waals surface area (Å²) in [5.41, 5.74) is -1.14. The number of carboxylic acid groups (broad SMARTS) is 1. The first-order valence-corrected chi connectivity index (χ1v) is 7.74. The van der Waals surface area contributed by atoms with E-state index in [4.69, 9.17) is 0 Å². The maximum atomic E-state index is 10.7. The normalized spacial score (nSPS) is 28.6. The average Bonchev–Trinajstić information content (AvgIpc) is 2.35. The molecule has 4 heteroatoms. The molecule has 1 fully saturated rings. The highest BCUT2D eigenvalue weighted by Gasteiger charge is 2.33. The Kier molecular flexibility index (Phi) is 7.24. The molecule has 0 bridgehead atoms. The molecule has 1 rings (SSSR count). The van der Waals surface area contributed by atoms with E-state index >= 15 is 0 Å². The third-order valence-electron chi connectivity index (χ3n) is 4.04. The van der Waals surface area contributed by atoms with Crippen LogP contribution in [-0.4, -0.2) is 27.9 Å². The summed E-state index contributed by atoms with van der Waals surface area (Å²) >= 11 is 0. The van der Waals surface area contributed by atoms with E-state index in [0.29, 0.717) is 12.8 Å². The maximum absolute atomic E-state index is 10.7. The first kappa shape index (κ1) is 17.2. The van der Waals surface area contributed by atoms with Crippen molar-refractivity contribution in [1.29, 1.82) is 0 Å². The Morgan fingerprint density at radius 3 is 2.90 bits per heavy atom. The molecule has 0 aromatic heterocycles. The van der Waals surface area contributed by atoms with E-state index in [0.717, 1.165) is 38.5 Å². The van der Waals surface area contributed by atoms with Gasteiger partial charge in [0.2, 0.25) is 0 Å². The Bertz CT molecular complexity index is 326. The smallest absolute Gasteiger partial charge is 0.0721 e. The first-order chi connectivity index (χ1) is 9.45. The Balaban J connectivity index is 2.41. The lowest BCUT2D eigenvalue weighted by molar-refractivity contribution is -0.309. The Labute approximate surface area is 121 Å². The second kappa shape index (κ2) is 8.42. The number of carbonyl (C=O) groups excluding carboxylic acids is 1. The molecule has 1 aliphatic carbocycles. The summed E-state index contributed by atoms with van der Waals surface area (Å²) in [5, 5.41) is 30.7. The molecule has 1 unspecified atom stereocenters. The number of aliphatic hydroxyl groups excluding tert-OH is 1. The number of hydrogen-bond acceptors (Lipinski definition) is 4. The Hall–Kier alpha value is -0.870. The van der Waals surface area contributed by atoms with Crippen LogP contribution in [0.5, 0.6) is 0 Å².